The van der Waals surface area contributed by atoms with Crippen LogP contribution in [-0.2, 0) is 16.5 Å². The fourth-order valence-electron chi connectivity index (χ4n) is 6.03. The maximum Gasteiger partial charge on any atom is 0.339 e. The minimum atomic E-state index is -4.23. The minimum absolute atomic E-state index is 0.0479. The molecule has 0 radical (unpaired) electrons. The summed E-state index contributed by atoms with van der Waals surface area (Å²) in [5.41, 5.74) is 5.28. The first-order valence-electron chi connectivity index (χ1n) is 14.8. The molecule has 0 saturated carbocycles. The number of hydrogen-bond acceptors (Lipinski definition) is 10. The Morgan fingerprint density at radius 2 is 1.67 bits per heavy atom. The number of benzene rings is 4. The lowest BCUT2D eigenvalue weighted by atomic mass is 9.83. The van der Waals surface area contributed by atoms with E-state index in [1.807, 2.05) is 30.3 Å². The normalized spacial score (nSPS) is 15.5. The van der Waals surface area contributed by atoms with E-state index in [0.29, 0.717) is 26.4 Å². The topological polar surface area (TPSA) is 139 Å². The molecule has 242 valence electrons. The lowest BCUT2D eigenvalue weighted by Gasteiger charge is -2.31. The number of nitro benzene ring substituents is 1. The van der Waals surface area contributed by atoms with Crippen LogP contribution >= 0.6 is 11.3 Å². The molecule has 1 aromatic heterocycles. The monoisotopic (exact) mass is 681 g/mol. The average molecular weight is 682 g/mol. The van der Waals surface area contributed by atoms with Gasteiger partial charge in [0, 0.05) is 17.7 Å². The van der Waals surface area contributed by atoms with Crippen LogP contribution in [0.5, 0.6) is 17.2 Å². The largest absolute Gasteiger partial charge is 0.493 e. The minimum Gasteiger partial charge on any atom is -0.493 e. The molecular weight excluding hydrogens is 655 g/mol. The van der Waals surface area contributed by atoms with Crippen molar-refractivity contribution in [3.63, 3.8) is 0 Å². The SMILES string of the molecule is COc1ccc([C@@H]2C3=C(N=c4s/c(=C\c5ccc(OS(=O)(=O)c6ccc([N+](=O)[O-])cc6)cc5)c(=O)n42)c2ccccc2CC3)cc1OC. The molecule has 1 aliphatic heterocycles. The van der Waals surface area contributed by atoms with Gasteiger partial charge in [-0.1, -0.05) is 53.8 Å². The molecule has 2 aliphatic rings. The molecule has 1 aliphatic carbocycles. The number of ether oxygens (including phenoxy) is 2. The van der Waals surface area contributed by atoms with Crippen molar-refractivity contribution >= 4 is 38.9 Å². The molecular formula is C35H27N3O8S2. The van der Waals surface area contributed by atoms with E-state index in [9.17, 15) is 23.3 Å². The van der Waals surface area contributed by atoms with Gasteiger partial charge in [-0.15, -0.1) is 0 Å². The maximum absolute atomic E-state index is 14.1. The second-order valence-electron chi connectivity index (χ2n) is 11.1. The third kappa shape index (κ3) is 5.56. The van der Waals surface area contributed by atoms with E-state index in [2.05, 4.69) is 12.1 Å². The van der Waals surface area contributed by atoms with Crippen molar-refractivity contribution in [2.75, 3.05) is 14.2 Å². The van der Waals surface area contributed by atoms with Gasteiger partial charge in [0.15, 0.2) is 16.3 Å². The van der Waals surface area contributed by atoms with Crippen molar-refractivity contribution in [1.82, 2.24) is 4.57 Å². The number of nitro groups is 1. The molecule has 1 atom stereocenters. The van der Waals surface area contributed by atoms with E-state index >= 15 is 0 Å². The maximum atomic E-state index is 14.1. The summed E-state index contributed by atoms with van der Waals surface area (Å²) >= 11 is 1.28. The molecule has 0 saturated heterocycles. The Bertz CT molecular complexity index is 2410. The van der Waals surface area contributed by atoms with E-state index in [1.54, 1.807) is 37.0 Å². The summed E-state index contributed by atoms with van der Waals surface area (Å²) in [5.74, 6) is 1.20. The molecule has 0 N–H and O–H groups in total. The fraction of sp³-hybridized carbons (Fsp3) is 0.143. The van der Waals surface area contributed by atoms with E-state index in [-0.39, 0.29) is 21.9 Å². The summed E-state index contributed by atoms with van der Waals surface area (Å²) in [6.07, 6.45) is 3.30. The Kier molecular flexibility index (Phi) is 7.93. The molecule has 0 amide bonds. The van der Waals surface area contributed by atoms with Gasteiger partial charge >= 0.3 is 10.1 Å². The van der Waals surface area contributed by atoms with Gasteiger partial charge in [0.2, 0.25) is 0 Å². The van der Waals surface area contributed by atoms with Crippen LogP contribution < -0.4 is 28.5 Å². The number of fused-ring (bicyclic) bond motifs is 3. The van der Waals surface area contributed by atoms with E-state index < -0.39 is 21.1 Å². The molecule has 11 nitrogen and oxygen atoms in total. The number of thiazole rings is 1. The highest BCUT2D eigenvalue weighted by Gasteiger charge is 2.33. The van der Waals surface area contributed by atoms with Crippen LogP contribution in [0.3, 0.4) is 0 Å². The van der Waals surface area contributed by atoms with Crippen molar-refractivity contribution in [2.45, 2.75) is 23.8 Å². The molecule has 13 heteroatoms. The second-order valence-corrected chi connectivity index (χ2v) is 13.6. The highest BCUT2D eigenvalue weighted by molar-refractivity contribution is 7.87. The molecule has 7 rings (SSSR count). The zero-order valence-corrected chi connectivity index (χ0v) is 27.3. The van der Waals surface area contributed by atoms with Crippen LogP contribution in [0.1, 0.15) is 34.7 Å². The predicted octanol–water partition coefficient (Wildman–Crippen LogP) is 5.01. The van der Waals surface area contributed by atoms with Crippen LogP contribution in [0.25, 0.3) is 11.8 Å². The summed E-state index contributed by atoms with van der Waals surface area (Å²) in [6.45, 7) is 0. The van der Waals surface area contributed by atoms with Gasteiger partial charge in [-0.25, -0.2) is 4.99 Å². The summed E-state index contributed by atoms with van der Waals surface area (Å²) in [5, 5.41) is 10.9. The lowest BCUT2D eigenvalue weighted by Crippen LogP contribution is -2.38. The van der Waals surface area contributed by atoms with Crippen molar-refractivity contribution in [3.05, 3.63) is 149 Å². The van der Waals surface area contributed by atoms with E-state index in [0.717, 1.165) is 59.5 Å². The van der Waals surface area contributed by atoms with Crippen LogP contribution in [0.2, 0.25) is 0 Å². The molecule has 0 bridgehead atoms. The first kappa shape index (κ1) is 31.1. The quantitative estimate of drug-likeness (QED) is 0.127. The number of methoxy groups -OCH3 is 2. The molecule has 48 heavy (non-hydrogen) atoms. The highest BCUT2D eigenvalue weighted by atomic mass is 32.2. The average Bonchev–Trinajstić information content (AvgIpc) is 3.41. The Morgan fingerprint density at radius 3 is 2.38 bits per heavy atom. The van der Waals surface area contributed by atoms with Crippen LogP contribution in [0.15, 0.2) is 111 Å². The van der Waals surface area contributed by atoms with Crippen molar-refractivity contribution < 1.29 is 27.0 Å². The van der Waals surface area contributed by atoms with Gasteiger partial charge in [0.05, 0.1) is 35.4 Å². The lowest BCUT2D eigenvalue weighted by molar-refractivity contribution is -0.384. The number of non-ortho nitro benzene ring substituents is 1. The van der Waals surface area contributed by atoms with Crippen LogP contribution in [0, 0.1) is 10.1 Å². The van der Waals surface area contributed by atoms with Gasteiger partial charge in [-0.3, -0.25) is 19.5 Å². The summed E-state index contributed by atoms with van der Waals surface area (Å²) < 4.78 is 44.0. The Hall–Kier alpha value is -5.53. The molecule has 0 fully saturated rings. The van der Waals surface area contributed by atoms with E-state index in [4.69, 9.17) is 18.6 Å². The van der Waals surface area contributed by atoms with Gasteiger partial charge in [-0.05, 0) is 77.6 Å². The summed E-state index contributed by atoms with van der Waals surface area (Å²) in [7, 11) is -1.07. The second kappa shape index (κ2) is 12.2. The smallest absolute Gasteiger partial charge is 0.339 e. The Balaban J connectivity index is 1.27. The van der Waals surface area contributed by atoms with Crippen molar-refractivity contribution in [2.24, 2.45) is 4.99 Å². The molecule has 2 heterocycles. The summed E-state index contributed by atoms with van der Waals surface area (Å²) in [6, 6.07) is 24.2. The first-order chi connectivity index (χ1) is 23.2. The van der Waals surface area contributed by atoms with Gasteiger partial charge < -0.3 is 13.7 Å². The van der Waals surface area contributed by atoms with Crippen molar-refractivity contribution in [1.29, 1.82) is 0 Å². The highest BCUT2D eigenvalue weighted by Crippen LogP contribution is 2.42. The van der Waals surface area contributed by atoms with E-state index in [1.165, 1.54) is 29.0 Å². The summed E-state index contributed by atoms with van der Waals surface area (Å²) in [4.78, 5) is 29.8. The van der Waals surface area contributed by atoms with Crippen molar-refractivity contribution in [3.8, 4) is 17.2 Å². The molecule has 0 unspecified atom stereocenters. The number of rotatable bonds is 8. The Labute approximate surface area is 278 Å². The molecule has 0 spiro atoms. The number of aromatic nitrogens is 1. The van der Waals surface area contributed by atoms with Gasteiger partial charge in [0.25, 0.3) is 11.2 Å². The third-order valence-corrected chi connectivity index (χ3v) is 10.6. The number of aryl methyl sites for hydroxylation is 1. The standard InChI is InChI=1S/C35H27N3O8S2/c1-44-29-18-10-23(20-30(29)45-2)33-28-17-9-22-5-3-4-6-27(22)32(28)36-35-37(33)34(39)31(47-35)19-21-7-13-25(14-8-21)46-48(42,43)26-15-11-24(12-16-26)38(40)41/h3-8,10-16,18-20,33H,9,17H2,1-2H3/b31-19-/t33-/m1/s1. The fourth-order valence-corrected chi connectivity index (χ4v) is 7.96. The first-order valence-corrected chi connectivity index (χ1v) is 17.0. The number of nitrogens with zero attached hydrogens (tertiary/aromatic N) is 3. The third-order valence-electron chi connectivity index (χ3n) is 8.32. The van der Waals surface area contributed by atoms with Crippen LogP contribution in [0.4, 0.5) is 5.69 Å². The zero-order valence-electron chi connectivity index (χ0n) is 25.7. The number of hydrogen-bond donors (Lipinski definition) is 0. The van der Waals surface area contributed by atoms with Gasteiger partial charge in [-0.2, -0.15) is 8.42 Å². The molecule has 4 aromatic carbocycles. The number of allylic oxidation sites excluding steroid dienone is 1. The Morgan fingerprint density at radius 1 is 0.938 bits per heavy atom. The zero-order chi connectivity index (χ0) is 33.6. The van der Waals surface area contributed by atoms with Crippen LogP contribution in [-0.4, -0.2) is 32.1 Å². The van der Waals surface area contributed by atoms with Gasteiger partial charge in [0.1, 0.15) is 10.6 Å². The molecule has 5 aromatic rings. The predicted molar refractivity (Wildman–Crippen MR) is 180 cm³/mol.